The van der Waals surface area contributed by atoms with Gasteiger partial charge in [-0.1, -0.05) is 51.1 Å². The number of esters is 1. The minimum Gasteiger partial charge on any atom is -0.465 e. The topological polar surface area (TPSA) is 29.5 Å². The maximum absolute atomic E-state index is 11.6. The molecule has 0 atom stereocenters. The number of carbonyl (C=O) groups excluding carboxylic acids is 1. The van der Waals surface area contributed by atoms with E-state index in [-0.39, 0.29) is 5.97 Å². The van der Waals surface area contributed by atoms with Crippen LogP contribution in [0.2, 0.25) is 0 Å². The van der Waals surface area contributed by atoms with Gasteiger partial charge in [0.15, 0.2) is 0 Å². The molecule has 2 rings (SSSR count). The smallest absolute Gasteiger partial charge is 0.337 e. The fraction of sp³-hybridized carbons (Fsp3) is 0.409. The Balaban J connectivity index is 0.00000163. The third kappa shape index (κ3) is 6.85. The predicted octanol–water partition coefficient (Wildman–Crippen LogP) is 5.93. The average Bonchev–Trinajstić information content (AvgIpc) is 2.68. The normalized spacial score (nSPS) is 14.9. The highest BCUT2D eigenvalue weighted by Gasteiger charge is 2.19. The molecule has 0 fully saturated rings. The van der Waals surface area contributed by atoms with Crippen molar-refractivity contribution in [3.63, 3.8) is 0 Å². The maximum atomic E-state index is 11.6. The van der Waals surface area contributed by atoms with Crippen LogP contribution in [-0.4, -0.2) is 23.9 Å². The molecule has 0 amide bonds. The maximum Gasteiger partial charge on any atom is 0.337 e. The molecule has 0 bridgehead atoms. The molecule has 1 aliphatic rings. The zero-order valence-electron chi connectivity index (χ0n) is 16.6. The molecule has 1 aliphatic heterocycles. The van der Waals surface area contributed by atoms with Gasteiger partial charge in [-0.3, -0.25) is 0 Å². The van der Waals surface area contributed by atoms with Crippen molar-refractivity contribution in [1.29, 1.82) is 0 Å². The van der Waals surface area contributed by atoms with Gasteiger partial charge in [-0.25, -0.2) is 9.10 Å². The lowest BCUT2D eigenvalue weighted by Gasteiger charge is -2.28. The molecular weight excluding hydrogens is 342 g/mol. The zero-order valence-corrected chi connectivity index (χ0v) is 17.4. The molecule has 0 radical (unpaired) electrons. The highest BCUT2D eigenvalue weighted by Crippen LogP contribution is 2.30. The first-order chi connectivity index (χ1) is 12.7. The van der Waals surface area contributed by atoms with E-state index in [9.17, 15) is 4.79 Å². The van der Waals surface area contributed by atoms with E-state index in [4.69, 9.17) is 4.74 Å². The predicted molar refractivity (Wildman–Crippen MR) is 113 cm³/mol. The summed E-state index contributed by atoms with van der Waals surface area (Å²) < 4.78 is 7.17. The number of methoxy groups -OCH3 is 1. The Labute approximate surface area is 162 Å². The van der Waals surface area contributed by atoms with Crippen LogP contribution in [0.25, 0.3) is 0 Å². The number of nitrogens with zero attached hydrogens (tertiary/aromatic N) is 1. The third-order valence-electron chi connectivity index (χ3n) is 3.80. The molecule has 0 spiro atoms. The first-order valence-electron chi connectivity index (χ1n) is 9.30. The van der Waals surface area contributed by atoms with E-state index in [1.807, 2.05) is 39.0 Å². The Morgan fingerprint density at radius 1 is 1.31 bits per heavy atom. The average molecular weight is 374 g/mol. The summed E-state index contributed by atoms with van der Waals surface area (Å²) in [5.41, 5.74) is 3.17. The van der Waals surface area contributed by atoms with Gasteiger partial charge in [-0.2, -0.15) is 0 Å². The van der Waals surface area contributed by atoms with Crippen molar-refractivity contribution in [1.82, 2.24) is 4.31 Å². The van der Waals surface area contributed by atoms with Crippen LogP contribution in [0, 0.1) is 0 Å². The Kier molecular flexibility index (Phi) is 10.7. The Morgan fingerprint density at radius 2 is 2.08 bits per heavy atom. The largest absolute Gasteiger partial charge is 0.465 e. The Bertz CT molecular complexity index is 662. The summed E-state index contributed by atoms with van der Waals surface area (Å²) in [6, 6.07) is 5.87. The van der Waals surface area contributed by atoms with Crippen LogP contribution in [0.15, 0.2) is 53.5 Å². The summed E-state index contributed by atoms with van der Waals surface area (Å²) in [7, 11) is 1.42. The number of rotatable bonds is 6. The number of hydrogen-bond donors (Lipinski definition) is 0. The lowest BCUT2D eigenvalue weighted by molar-refractivity contribution is 0.0600. The summed E-state index contributed by atoms with van der Waals surface area (Å²) in [6.45, 7) is 10.0. The van der Waals surface area contributed by atoms with Gasteiger partial charge in [0.1, 0.15) is 0 Å². The molecule has 0 aromatic heterocycles. The van der Waals surface area contributed by atoms with Crippen molar-refractivity contribution in [3.05, 3.63) is 70.2 Å². The number of hydrogen-bond acceptors (Lipinski definition) is 4. The minimum atomic E-state index is -0.268. The second kappa shape index (κ2) is 12.6. The van der Waals surface area contributed by atoms with Crippen LogP contribution in [0.4, 0.5) is 0 Å². The summed E-state index contributed by atoms with van der Waals surface area (Å²) in [4.78, 5) is 12.9. The number of benzene rings is 1. The number of ether oxygens (including phenoxy) is 1. The molecule has 4 heteroatoms. The second-order valence-electron chi connectivity index (χ2n) is 5.59. The van der Waals surface area contributed by atoms with E-state index in [2.05, 4.69) is 41.6 Å². The van der Waals surface area contributed by atoms with Gasteiger partial charge in [-0.05, 0) is 61.0 Å². The molecule has 3 nitrogen and oxygen atoms in total. The second-order valence-corrected chi connectivity index (χ2v) is 6.76. The van der Waals surface area contributed by atoms with Crippen molar-refractivity contribution in [2.75, 3.05) is 13.7 Å². The fourth-order valence-electron chi connectivity index (χ4n) is 2.58. The molecule has 0 aliphatic carbocycles. The van der Waals surface area contributed by atoms with Gasteiger partial charge in [0, 0.05) is 18.0 Å². The van der Waals surface area contributed by atoms with Gasteiger partial charge in [0.05, 0.1) is 12.7 Å². The minimum absolute atomic E-state index is 0.268. The van der Waals surface area contributed by atoms with E-state index in [1.165, 1.54) is 23.1 Å². The molecule has 1 heterocycles. The molecular formula is C22H31NO2S. The molecule has 0 saturated carbocycles. The molecule has 0 saturated heterocycles. The third-order valence-corrected chi connectivity index (χ3v) is 4.86. The molecule has 1 aromatic rings. The Morgan fingerprint density at radius 3 is 2.73 bits per heavy atom. The van der Waals surface area contributed by atoms with Crippen LogP contribution >= 0.6 is 11.9 Å². The SMILES string of the molecule is CC.C\C=C/C(=C\C=C/CC)SN1CCc2cc(C(=O)OC)ccc2C1. The molecule has 26 heavy (non-hydrogen) atoms. The van der Waals surface area contributed by atoms with Crippen molar-refractivity contribution >= 4 is 17.9 Å². The Hall–Kier alpha value is -1.78. The van der Waals surface area contributed by atoms with Crippen molar-refractivity contribution in [2.45, 2.75) is 47.1 Å². The first-order valence-corrected chi connectivity index (χ1v) is 10.1. The highest BCUT2D eigenvalue weighted by molar-refractivity contribution is 8.01. The van der Waals surface area contributed by atoms with E-state index in [0.29, 0.717) is 5.56 Å². The summed E-state index contributed by atoms with van der Waals surface area (Å²) in [6.07, 6.45) is 12.6. The molecule has 0 N–H and O–H groups in total. The molecule has 142 valence electrons. The van der Waals surface area contributed by atoms with Crippen LogP contribution < -0.4 is 0 Å². The summed E-state index contributed by atoms with van der Waals surface area (Å²) >= 11 is 1.78. The lowest BCUT2D eigenvalue weighted by atomic mass is 9.98. The van der Waals surface area contributed by atoms with E-state index in [1.54, 1.807) is 11.9 Å². The van der Waals surface area contributed by atoms with Crippen LogP contribution in [0.5, 0.6) is 0 Å². The lowest BCUT2D eigenvalue weighted by Crippen LogP contribution is -2.25. The monoisotopic (exact) mass is 373 g/mol. The quantitative estimate of drug-likeness (QED) is 0.351. The molecule has 0 unspecified atom stereocenters. The zero-order chi connectivity index (χ0) is 19.4. The van der Waals surface area contributed by atoms with Crippen LogP contribution in [0.1, 0.15) is 55.6 Å². The van der Waals surface area contributed by atoms with E-state index >= 15 is 0 Å². The number of allylic oxidation sites excluding steroid dienone is 5. The van der Waals surface area contributed by atoms with Gasteiger partial charge < -0.3 is 4.74 Å². The van der Waals surface area contributed by atoms with Gasteiger partial charge in [0.2, 0.25) is 0 Å². The van der Waals surface area contributed by atoms with Gasteiger partial charge in [0.25, 0.3) is 0 Å². The summed E-state index contributed by atoms with van der Waals surface area (Å²) in [5.74, 6) is -0.268. The van der Waals surface area contributed by atoms with Crippen molar-refractivity contribution in [2.24, 2.45) is 0 Å². The van der Waals surface area contributed by atoms with Crippen molar-refractivity contribution in [3.8, 4) is 0 Å². The van der Waals surface area contributed by atoms with E-state index in [0.717, 1.165) is 25.9 Å². The highest BCUT2D eigenvalue weighted by atomic mass is 32.2. The van der Waals surface area contributed by atoms with Gasteiger partial charge in [-0.15, -0.1) is 0 Å². The standard InChI is InChI=1S/C20H25NO2S.C2H6/c1-4-6-7-9-19(8-5-2)24-21-13-12-16-14-17(20(22)23-3)10-11-18(16)15-21;1-2/h5-11,14H,4,12-13,15H2,1-3H3;1-2H3/b7-6-,8-5-,19-9+;. The first kappa shape index (κ1) is 22.3. The van der Waals surface area contributed by atoms with Gasteiger partial charge >= 0.3 is 5.97 Å². The summed E-state index contributed by atoms with van der Waals surface area (Å²) in [5, 5.41) is 0. The fourth-order valence-corrected chi connectivity index (χ4v) is 3.60. The number of carbonyl (C=O) groups is 1. The molecule has 1 aromatic carbocycles. The van der Waals surface area contributed by atoms with E-state index < -0.39 is 0 Å². The van der Waals surface area contributed by atoms with Crippen LogP contribution in [-0.2, 0) is 17.7 Å². The number of fused-ring (bicyclic) bond motifs is 1. The van der Waals surface area contributed by atoms with Crippen molar-refractivity contribution < 1.29 is 9.53 Å². The van der Waals surface area contributed by atoms with Crippen LogP contribution in [0.3, 0.4) is 0 Å².